The quantitative estimate of drug-likeness (QED) is 0.827. The van der Waals surface area contributed by atoms with Crippen molar-refractivity contribution in [1.29, 1.82) is 0 Å². The van der Waals surface area contributed by atoms with E-state index in [2.05, 4.69) is 5.10 Å². The minimum absolute atomic E-state index is 0.00903. The number of aromatic nitrogens is 2. The summed E-state index contributed by atoms with van der Waals surface area (Å²) < 4.78 is 1.49. The third kappa shape index (κ3) is 1.87. The molecule has 5 heteroatoms. The summed E-state index contributed by atoms with van der Waals surface area (Å²) in [5.74, 6) is -0.884. The van der Waals surface area contributed by atoms with Crippen molar-refractivity contribution in [3.63, 3.8) is 0 Å². The lowest BCUT2D eigenvalue weighted by atomic mass is 10.0. The Morgan fingerprint density at radius 2 is 2.12 bits per heavy atom. The van der Waals surface area contributed by atoms with Gasteiger partial charge in [0.1, 0.15) is 5.75 Å². The number of carbonyl (C=O) groups is 1. The number of hydrogen-bond donors (Lipinski definition) is 2. The van der Waals surface area contributed by atoms with Crippen molar-refractivity contribution in [1.82, 2.24) is 9.78 Å². The number of aromatic hydroxyl groups is 1. The number of aromatic carboxylic acids is 1. The van der Waals surface area contributed by atoms with Crippen LogP contribution < -0.4 is 0 Å². The molecule has 0 saturated carbocycles. The summed E-state index contributed by atoms with van der Waals surface area (Å²) in [5, 5.41) is 22.4. The third-order valence-electron chi connectivity index (χ3n) is 2.68. The van der Waals surface area contributed by atoms with Crippen LogP contribution in [0, 0.1) is 6.92 Å². The first-order valence-electron chi connectivity index (χ1n) is 5.07. The van der Waals surface area contributed by atoms with E-state index in [4.69, 9.17) is 5.11 Å². The van der Waals surface area contributed by atoms with Crippen molar-refractivity contribution in [3.8, 4) is 17.0 Å². The van der Waals surface area contributed by atoms with Crippen LogP contribution in [0.1, 0.15) is 16.1 Å². The van der Waals surface area contributed by atoms with Crippen LogP contribution in [0.4, 0.5) is 0 Å². The minimum Gasteiger partial charge on any atom is -0.508 e. The molecule has 2 N–H and O–H groups in total. The van der Waals surface area contributed by atoms with E-state index in [9.17, 15) is 9.90 Å². The molecular formula is C12H12N2O3. The van der Waals surface area contributed by atoms with E-state index in [0.29, 0.717) is 11.3 Å². The highest BCUT2D eigenvalue weighted by Gasteiger charge is 2.14. The molecule has 0 amide bonds. The van der Waals surface area contributed by atoms with Gasteiger partial charge >= 0.3 is 5.97 Å². The lowest BCUT2D eigenvalue weighted by Crippen LogP contribution is -1.99. The van der Waals surface area contributed by atoms with E-state index in [0.717, 1.165) is 5.56 Å². The molecular weight excluding hydrogens is 220 g/mol. The standard InChI is InChI=1S/C12H12N2O3/c1-7-8(4-3-5-11(7)15)10-6-9(12(16)17)13-14(10)2/h3-6,15H,1-2H3,(H,16,17). The molecule has 0 unspecified atom stereocenters. The van der Waals surface area contributed by atoms with E-state index >= 15 is 0 Å². The molecule has 0 radical (unpaired) electrons. The largest absolute Gasteiger partial charge is 0.508 e. The van der Waals surface area contributed by atoms with Crippen LogP contribution in [0.25, 0.3) is 11.3 Å². The average molecular weight is 232 g/mol. The number of carboxylic acid groups (broad SMARTS) is 1. The Balaban J connectivity index is 2.60. The van der Waals surface area contributed by atoms with Gasteiger partial charge in [-0.1, -0.05) is 12.1 Å². The van der Waals surface area contributed by atoms with Gasteiger partial charge in [0.15, 0.2) is 5.69 Å². The van der Waals surface area contributed by atoms with Gasteiger partial charge in [-0.25, -0.2) is 4.79 Å². The highest BCUT2D eigenvalue weighted by Crippen LogP contribution is 2.29. The summed E-state index contributed by atoms with van der Waals surface area (Å²) in [6.45, 7) is 1.78. The number of carboxylic acids is 1. The zero-order chi connectivity index (χ0) is 12.6. The van der Waals surface area contributed by atoms with Crippen LogP contribution in [0.2, 0.25) is 0 Å². The predicted molar refractivity (Wildman–Crippen MR) is 62.0 cm³/mol. The average Bonchev–Trinajstić information content (AvgIpc) is 2.65. The van der Waals surface area contributed by atoms with E-state index in [1.54, 1.807) is 26.1 Å². The van der Waals surface area contributed by atoms with Gasteiger partial charge in [0.25, 0.3) is 0 Å². The predicted octanol–water partition coefficient (Wildman–Crippen LogP) is 1.80. The van der Waals surface area contributed by atoms with Crippen molar-refractivity contribution in [2.45, 2.75) is 6.92 Å². The molecule has 0 spiro atoms. The molecule has 0 aliphatic heterocycles. The van der Waals surface area contributed by atoms with Gasteiger partial charge in [0.2, 0.25) is 0 Å². The molecule has 0 saturated heterocycles. The zero-order valence-corrected chi connectivity index (χ0v) is 9.51. The summed E-state index contributed by atoms with van der Waals surface area (Å²) in [7, 11) is 1.67. The van der Waals surface area contributed by atoms with Gasteiger partial charge in [0.05, 0.1) is 5.69 Å². The lowest BCUT2D eigenvalue weighted by Gasteiger charge is -2.07. The first-order valence-corrected chi connectivity index (χ1v) is 5.07. The second kappa shape index (κ2) is 3.93. The van der Waals surface area contributed by atoms with Gasteiger partial charge in [-0.3, -0.25) is 4.68 Å². The Hall–Kier alpha value is -2.30. The fourth-order valence-corrected chi connectivity index (χ4v) is 1.72. The van der Waals surface area contributed by atoms with Crippen molar-refractivity contribution >= 4 is 5.97 Å². The third-order valence-corrected chi connectivity index (χ3v) is 2.68. The van der Waals surface area contributed by atoms with E-state index in [-0.39, 0.29) is 11.4 Å². The topological polar surface area (TPSA) is 75.3 Å². The lowest BCUT2D eigenvalue weighted by molar-refractivity contribution is 0.0689. The number of phenolic OH excluding ortho intramolecular Hbond substituents is 1. The molecule has 2 aromatic rings. The van der Waals surface area contributed by atoms with Gasteiger partial charge in [-0.2, -0.15) is 5.10 Å². The van der Waals surface area contributed by atoms with Crippen LogP contribution >= 0.6 is 0 Å². The Kier molecular flexibility index (Phi) is 2.59. The SMILES string of the molecule is Cc1c(O)cccc1-c1cc(C(=O)O)nn1C. The summed E-state index contributed by atoms with van der Waals surface area (Å²) in [6.07, 6.45) is 0. The fourth-order valence-electron chi connectivity index (χ4n) is 1.72. The van der Waals surface area contributed by atoms with Gasteiger partial charge in [-0.05, 0) is 19.1 Å². The Morgan fingerprint density at radius 1 is 1.41 bits per heavy atom. The van der Waals surface area contributed by atoms with Crippen molar-refractivity contribution in [2.75, 3.05) is 0 Å². The Bertz CT molecular complexity index is 587. The second-order valence-corrected chi connectivity index (χ2v) is 3.79. The van der Waals surface area contributed by atoms with E-state index in [1.165, 1.54) is 10.7 Å². The number of nitrogens with zero attached hydrogens (tertiary/aromatic N) is 2. The molecule has 0 aliphatic carbocycles. The van der Waals surface area contributed by atoms with Gasteiger partial charge in [0, 0.05) is 18.2 Å². The van der Waals surface area contributed by atoms with Crippen LogP contribution in [-0.4, -0.2) is 26.0 Å². The summed E-state index contributed by atoms with van der Waals surface area (Å²) >= 11 is 0. The fraction of sp³-hybridized carbons (Fsp3) is 0.167. The minimum atomic E-state index is -1.07. The molecule has 1 aromatic carbocycles. The van der Waals surface area contributed by atoms with Crippen molar-refractivity contribution in [3.05, 3.63) is 35.5 Å². The number of rotatable bonds is 2. The Morgan fingerprint density at radius 3 is 2.71 bits per heavy atom. The van der Waals surface area contributed by atoms with Crippen LogP contribution in [-0.2, 0) is 7.05 Å². The molecule has 1 aromatic heterocycles. The number of benzene rings is 1. The van der Waals surface area contributed by atoms with Crippen LogP contribution in [0.5, 0.6) is 5.75 Å². The number of phenols is 1. The monoisotopic (exact) mass is 232 g/mol. The second-order valence-electron chi connectivity index (χ2n) is 3.79. The van der Waals surface area contributed by atoms with Crippen molar-refractivity contribution < 1.29 is 15.0 Å². The van der Waals surface area contributed by atoms with Crippen LogP contribution in [0.3, 0.4) is 0 Å². The molecule has 0 atom stereocenters. The summed E-state index contributed by atoms with van der Waals surface area (Å²) in [6, 6.07) is 6.61. The molecule has 0 bridgehead atoms. The Labute approximate surface area is 97.9 Å². The first-order chi connectivity index (χ1) is 8.00. The molecule has 17 heavy (non-hydrogen) atoms. The highest BCUT2D eigenvalue weighted by atomic mass is 16.4. The molecule has 2 rings (SSSR count). The number of aryl methyl sites for hydroxylation is 1. The zero-order valence-electron chi connectivity index (χ0n) is 9.51. The van der Waals surface area contributed by atoms with Crippen molar-refractivity contribution in [2.24, 2.45) is 7.05 Å². The van der Waals surface area contributed by atoms with E-state index < -0.39 is 5.97 Å². The molecule has 1 heterocycles. The first kappa shape index (κ1) is 11.2. The maximum Gasteiger partial charge on any atom is 0.356 e. The van der Waals surface area contributed by atoms with Crippen LogP contribution in [0.15, 0.2) is 24.3 Å². The molecule has 0 aliphatic rings. The molecule has 5 nitrogen and oxygen atoms in total. The molecule has 88 valence electrons. The maximum atomic E-state index is 10.8. The number of hydrogen-bond acceptors (Lipinski definition) is 3. The maximum absolute atomic E-state index is 10.8. The highest BCUT2D eigenvalue weighted by molar-refractivity contribution is 5.87. The van der Waals surface area contributed by atoms with Gasteiger partial charge in [-0.15, -0.1) is 0 Å². The van der Waals surface area contributed by atoms with Gasteiger partial charge < -0.3 is 10.2 Å². The van der Waals surface area contributed by atoms with E-state index in [1.807, 2.05) is 6.07 Å². The normalized spacial score (nSPS) is 10.5. The smallest absolute Gasteiger partial charge is 0.356 e. The summed E-state index contributed by atoms with van der Waals surface area (Å²) in [4.78, 5) is 10.8. The molecule has 0 fully saturated rings. The summed E-state index contributed by atoms with van der Waals surface area (Å²) in [5.41, 5.74) is 2.13.